The average Bonchev–Trinajstić information content (AvgIpc) is 2.66. The molecule has 0 radical (unpaired) electrons. The minimum absolute atomic E-state index is 0.113. The number of rotatable bonds is 9. The summed E-state index contributed by atoms with van der Waals surface area (Å²) in [4.78, 5) is 39.7. The summed E-state index contributed by atoms with van der Waals surface area (Å²) in [5.41, 5.74) is 0.706. The lowest BCUT2D eigenvalue weighted by Gasteiger charge is -2.16. The van der Waals surface area contributed by atoms with Gasteiger partial charge >= 0.3 is 5.97 Å². The first-order chi connectivity index (χ1) is 13.4. The molecule has 0 saturated carbocycles. The van der Waals surface area contributed by atoms with Gasteiger partial charge in [-0.2, -0.15) is 8.78 Å². The minimum Gasteiger partial charge on any atom is -0.452 e. The van der Waals surface area contributed by atoms with E-state index in [2.05, 4.69) is 10.3 Å². The van der Waals surface area contributed by atoms with Crippen LogP contribution in [-0.4, -0.2) is 41.0 Å². The van der Waals surface area contributed by atoms with Gasteiger partial charge in [-0.05, 0) is 42.8 Å². The Balaban J connectivity index is 1.93. The molecule has 1 amide bonds. The summed E-state index contributed by atoms with van der Waals surface area (Å²) in [6.07, 6.45) is 1.57. The quantitative estimate of drug-likeness (QED) is 0.507. The zero-order chi connectivity index (χ0) is 20.5. The highest BCUT2D eigenvalue weighted by Crippen LogP contribution is 2.26. The number of hydrogen-bond donors (Lipinski definition) is 1. The number of carbonyl (C=O) groups excluding carboxylic acids is 3. The maximum atomic E-state index is 12.6. The molecule has 0 fully saturated rings. The van der Waals surface area contributed by atoms with Crippen molar-refractivity contribution in [2.24, 2.45) is 0 Å². The Bertz CT molecular complexity index is 834. The third kappa shape index (κ3) is 6.73. The van der Waals surface area contributed by atoms with Gasteiger partial charge in [0.05, 0.1) is 11.6 Å². The number of thioether (sulfide) groups is 1. The number of benzene rings is 1. The Kier molecular flexibility index (Phi) is 8.06. The minimum atomic E-state index is -2.75. The molecule has 0 bridgehead atoms. The van der Waals surface area contributed by atoms with E-state index >= 15 is 0 Å². The largest absolute Gasteiger partial charge is 0.452 e. The molecule has 1 aromatic carbocycles. The number of alkyl halides is 2. The van der Waals surface area contributed by atoms with Crippen LogP contribution in [0.5, 0.6) is 0 Å². The summed E-state index contributed by atoms with van der Waals surface area (Å²) in [5, 5.41) is 2.33. The molecule has 148 valence electrons. The summed E-state index contributed by atoms with van der Waals surface area (Å²) in [5.74, 6) is -4.62. The van der Waals surface area contributed by atoms with Gasteiger partial charge in [-0.3, -0.25) is 9.59 Å². The number of pyridine rings is 1. The molecule has 2 aromatic rings. The van der Waals surface area contributed by atoms with Crippen molar-refractivity contribution >= 4 is 29.4 Å². The number of ketones is 1. The van der Waals surface area contributed by atoms with E-state index in [0.717, 1.165) is 5.56 Å². The summed E-state index contributed by atoms with van der Waals surface area (Å²) < 4.78 is 30.0. The van der Waals surface area contributed by atoms with E-state index in [1.165, 1.54) is 25.3 Å². The molecule has 28 heavy (non-hydrogen) atoms. The van der Waals surface area contributed by atoms with Crippen LogP contribution in [-0.2, 0) is 20.7 Å². The number of hydrogen-bond acceptors (Lipinski definition) is 6. The van der Waals surface area contributed by atoms with E-state index in [1.54, 1.807) is 0 Å². The Morgan fingerprint density at radius 3 is 2.50 bits per heavy atom. The molecule has 1 heterocycles. The van der Waals surface area contributed by atoms with E-state index in [9.17, 15) is 23.2 Å². The highest BCUT2D eigenvalue weighted by atomic mass is 32.2. The van der Waals surface area contributed by atoms with E-state index < -0.39 is 30.3 Å². The van der Waals surface area contributed by atoms with E-state index in [0.29, 0.717) is 6.42 Å². The predicted octanol–water partition coefficient (Wildman–Crippen LogP) is 2.87. The third-order valence-corrected chi connectivity index (χ3v) is 4.36. The number of esters is 1. The van der Waals surface area contributed by atoms with Gasteiger partial charge in [0.1, 0.15) is 5.03 Å². The van der Waals surface area contributed by atoms with Crippen molar-refractivity contribution in [2.45, 2.75) is 30.2 Å². The van der Waals surface area contributed by atoms with E-state index in [-0.39, 0.29) is 28.1 Å². The van der Waals surface area contributed by atoms with Crippen molar-refractivity contribution in [2.75, 3.05) is 6.61 Å². The van der Waals surface area contributed by atoms with Crippen LogP contribution in [0.1, 0.15) is 22.8 Å². The molecule has 0 unspecified atom stereocenters. The van der Waals surface area contributed by atoms with Crippen molar-refractivity contribution in [3.05, 3.63) is 59.8 Å². The number of carbonyl (C=O) groups is 3. The fraction of sp³-hybridized carbons (Fsp3) is 0.263. The standard InChI is InChI=1S/C19H18F2N2O4S/c1-12(24)15(10-13-6-3-2-4-7-13)23-16(25)11-27-18(26)14-8-5-9-22-17(14)28-19(20)21/h2-9,15,19H,10-11H2,1H3,(H,23,25)/t15-/m1/s1. The number of amides is 1. The molecule has 9 heteroatoms. The molecule has 1 aromatic heterocycles. The highest BCUT2D eigenvalue weighted by molar-refractivity contribution is 7.99. The second-order valence-corrected chi connectivity index (χ2v) is 6.71. The predicted molar refractivity (Wildman–Crippen MR) is 99.1 cm³/mol. The average molecular weight is 408 g/mol. The van der Waals surface area contributed by atoms with Crippen LogP contribution in [0.15, 0.2) is 53.7 Å². The zero-order valence-corrected chi connectivity index (χ0v) is 15.7. The van der Waals surface area contributed by atoms with Gasteiger partial charge in [0.2, 0.25) is 0 Å². The van der Waals surface area contributed by atoms with Gasteiger partial charge in [0.15, 0.2) is 12.4 Å². The Morgan fingerprint density at radius 1 is 1.14 bits per heavy atom. The van der Waals surface area contributed by atoms with Gasteiger partial charge in [-0.1, -0.05) is 30.3 Å². The first-order valence-corrected chi connectivity index (χ1v) is 9.15. The summed E-state index contributed by atoms with van der Waals surface area (Å²) in [6, 6.07) is 11.0. The molecule has 1 N–H and O–H groups in total. The van der Waals surface area contributed by atoms with Gasteiger partial charge in [0.25, 0.3) is 11.7 Å². The lowest BCUT2D eigenvalue weighted by Crippen LogP contribution is -2.43. The summed E-state index contributed by atoms with van der Waals surface area (Å²) in [7, 11) is 0. The molecule has 0 aliphatic heterocycles. The molecule has 2 rings (SSSR count). The second kappa shape index (κ2) is 10.5. The monoisotopic (exact) mass is 408 g/mol. The summed E-state index contributed by atoms with van der Waals surface area (Å²) >= 11 is 0.113. The van der Waals surface area contributed by atoms with Crippen LogP contribution in [0.2, 0.25) is 0 Å². The van der Waals surface area contributed by atoms with Crippen LogP contribution in [0.3, 0.4) is 0 Å². The number of halogens is 2. The smallest absolute Gasteiger partial charge is 0.341 e. The van der Waals surface area contributed by atoms with Crippen LogP contribution >= 0.6 is 11.8 Å². The lowest BCUT2D eigenvalue weighted by molar-refractivity contribution is -0.128. The highest BCUT2D eigenvalue weighted by Gasteiger charge is 2.21. The molecular weight excluding hydrogens is 390 g/mol. The van der Waals surface area contributed by atoms with Gasteiger partial charge in [-0.15, -0.1) is 0 Å². The van der Waals surface area contributed by atoms with Gasteiger partial charge in [0, 0.05) is 6.20 Å². The maximum absolute atomic E-state index is 12.6. The molecule has 0 aliphatic carbocycles. The topological polar surface area (TPSA) is 85.4 Å². The second-order valence-electron chi connectivity index (χ2n) is 5.73. The van der Waals surface area contributed by atoms with Crippen LogP contribution in [0.4, 0.5) is 8.78 Å². The summed E-state index contributed by atoms with van der Waals surface area (Å²) in [6.45, 7) is 0.703. The SMILES string of the molecule is CC(=O)[C@@H](Cc1ccccc1)NC(=O)COC(=O)c1cccnc1SC(F)F. The number of nitrogens with zero attached hydrogens (tertiary/aromatic N) is 1. The third-order valence-electron chi connectivity index (χ3n) is 3.63. The van der Waals surface area contributed by atoms with E-state index in [1.807, 2.05) is 30.3 Å². The van der Waals surface area contributed by atoms with Crippen molar-refractivity contribution in [1.82, 2.24) is 10.3 Å². The molecule has 0 aliphatic rings. The maximum Gasteiger partial charge on any atom is 0.341 e. The van der Waals surface area contributed by atoms with Crippen molar-refractivity contribution in [1.29, 1.82) is 0 Å². The zero-order valence-electron chi connectivity index (χ0n) is 14.9. The van der Waals surface area contributed by atoms with Crippen molar-refractivity contribution in [3.8, 4) is 0 Å². The van der Waals surface area contributed by atoms with Crippen LogP contribution < -0.4 is 5.32 Å². The number of ether oxygens (including phenoxy) is 1. The molecule has 0 saturated heterocycles. The fourth-order valence-electron chi connectivity index (χ4n) is 2.32. The van der Waals surface area contributed by atoms with Crippen LogP contribution in [0.25, 0.3) is 0 Å². The molecule has 1 atom stereocenters. The van der Waals surface area contributed by atoms with Gasteiger partial charge < -0.3 is 10.1 Å². The van der Waals surface area contributed by atoms with Gasteiger partial charge in [-0.25, -0.2) is 9.78 Å². The molecular formula is C19H18F2N2O4S. The van der Waals surface area contributed by atoms with Crippen molar-refractivity contribution in [3.63, 3.8) is 0 Å². The first kappa shape index (κ1) is 21.5. The number of nitrogens with one attached hydrogen (secondary N) is 1. The Labute approximate surface area is 164 Å². The Morgan fingerprint density at radius 2 is 1.86 bits per heavy atom. The molecule has 0 spiro atoms. The lowest BCUT2D eigenvalue weighted by atomic mass is 10.0. The number of aromatic nitrogens is 1. The van der Waals surface area contributed by atoms with E-state index in [4.69, 9.17) is 4.74 Å². The van der Waals surface area contributed by atoms with Crippen LogP contribution in [0, 0.1) is 0 Å². The van der Waals surface area contributed by atoms with Crippen molar-refractivity contribution < 1.29 is 27.9 Å². The normalized spacial score (nSPS) is 11.7. The fourth-order valence-corrected chi connectivity index (χ4v) is 2.88. The number of Topliss-reactive ketones (excluding diaryl/α,β-unsaturated/α-hetero) is 1. The first-order valence-electron chi connectivity index (χ1n) is 8.27. The molecule has 6 nitrogen and oxygen atoms in total. The Hall–Kier alpha value is -2.81.